The number of nitrogens with one attached hydrogen (secondary N) is 1. The van der Waals surface area contributed by atoms with Crippen LogP contribution in [-0.4, -0.2) is 12.9 Å². The maximum atomic E-state index is 4.48. The van der Waals surface area contributed by atoms with Gasteiger partial charge in [-0.1, -0.05) is 192 Å². The van der Waals surface area contributed by atoms with Gasteiger partial charge in [-0.2, -0.15) is 0 Å². The fourth-order valence-electron chi connectivity index (χ4n) is 6.87. The molecule has 0 radical (unpaired) electrons. The number of amidine groups is 1. The average molecular weight is 679 g/mol. The van der Waals surface area contributed by atoms with Gasteiger partial charge in [0.05, 0.1) is 0 Å². The molecule has 0 saturated heterocycles. The molecule has 8 aromatic rings. The Morgan fingerprint density at radius 3 is 1.54 bits per heavy atom. The number of benzene rings is 8. The predicted octanol–water partition coefficient (Wildman–Crippen LogP) is 13.4. The third-order valence-electron chi connectivity index (χ3n) is 9.60. The van der Waals surface area contributed by atoms with Crippen LogP contribution in [0.1, 0.15) is 56.9 Å². The van der Waals surface area contributed by atoms with Gasteiger partial charge in [-0.3, -0.25) is 4.99 Å². The van der Waals surface area contributed by atoms with E-state index in [2.05, 4.69) is 159 Å². The van der Waals surface area contributed by atoms with E-state index in [1.165, 1.54) is 71.3 Å². The largest absolute Gasteiger partial charge is 0.366 e. The molecule has 2 nitrogen and oxygen atoms in total. The molecule has 0 heterocycles. The normalized spacial score (nSPS) is 11.6. The summed E-state index contributed by atoms with van der Waals surface area (Å²) in [4.78, 5) is 4.48. The summed E-state index contributed by atoms with van der Waals surface area (Å²) in [7, 11) is 1.83. The minimum Gasteiger partial charge on any atom is -0.366 e. The molecule has 0 fully saturated rings. The Morgan fingerprint density at radius 2 is 1.06 bits per heavy atom. The van der Waals surface area contributed by atoms with Crippen LogP contribution in [0.5, 0.6) is 0 Å². The van der Waals surface area contributed by atoms with Crippen LogP contribution in [0, 0.1) is 6.92 Å². The molecule has 8 aromatic carbocycles. The van der Waals surface area contributed by atoms with Crippen molar-refractivity contribution in [2.75, 3.05) is 7.05 Å². The summed E-state index contributed by atoms with van der Waals surface area (Å²) in [6, 6.07) is 56.8. The summed E-state index contributed by atoms with van der Waals surface area (Å²) < 4.78 is 0. The zero-order valence-electron chi connectivity index (χ0n) is 31.7. The highest BCUT2D eigenvalue weighted by Crippen LogP contribution is 2.45. The maximum Gasteiger partial charge on any atom is 0.128 e. The molecule has 0 aromatic heterocycles. The third kappa shape index (κ3) is 7.77. The van der Waals surface area contributed by atoms with Crippen molar-refractivity contribution in [3.8, 4) is 22.3 Å². The van der Waals surface area contributed by atoms with Gasteiger partial charge in [0.15, 0.2) is 0 Å². The number of aliphatic imine (C=N–C) groups is 1. The Labute approximate surface area is 310 Å². The maximum absolute atomic E-state index is 4.48. The van der Waals surface area contributed by atoms with Crippen molar-refractivity contribution in [1.82, 2.24) is 5.32 Å². The second-order valence-electron chi connectivity index (χ2n) is 14.1. The SMILES string of the molecule is CC.CN=C(NCc1ccc(-c2cc(-c3ccccc3)c3ccc4cc(C(C)(C)C)cc5ccc2c3c45)cc1)c1ccccc1.Cc1ccccc1. The van der Waals surface area contributed by atoms with Crippen LogP contribution in [-0.2, 0) is 12.0 Å². The van der Waals surface area contributed by atoms with Crippen molar-refractivity contribution < 1.29 is 0 Å². The van der Waals surface area contributed by atoms with Crippen LogP contribution in [0.25, 0.3) is 54.6 Å². The smallest absolute Gasteiger partial charge is 0.128 e. The van der Waals surface area contributed by atoms with E-state index in [0.717, 1.165) is 11.4 Å². The standard InChI is InChI=1S/C41H36N2.C7H8.C2H6/c1-41(2,3)33-23-31-19-21-34-36(28-11-7-5-8-12-28)25-37(35-22-20-32(24-33)38(31)39(34)35)29-17-15-27(16-18-29)26-43-40(42-4)30-13-9-6-10-14-30;1-7-5-3-2-4-6-7;1-2/h5-25H,26H2,1-4H3,(H,42,43);2-6H,1H3;1-2H3. The number of aryl methyl sites for hydroxylation is 1. The Kier molecular flexibility index (Phi) is 11.2. The predicted molar refractivity (Wildman–Crippen MR) is 228 cm³/mol. The van der Waals surface area contributed by atoms with Crippen LogP contribution < -0.4 is 5.32 Å². The summed E-state index contributed by atoms with van der Waals surface area (Å²) in [5.74, 6) is 0.901. The van der Waals surface area contributed by atoms with Crippen molar-refractivity contribution in [2.45, 2.75) is 53.5 Å². The highest BCUT2D eigenvalue weighted by Gasteiger charge is 2.20. The van der Waals surface area contributed by atoms with Gasteiger partial charge in [-0.25, -0.2) is 0 Å². The molecule has 0 bridgehead atoms. The monoisotopic (exact) mass is 678 g/mol. The molecule has 8 rings (SSSR count). The van der Waals surface area contributed by atoms with Crippen LogP contribution in [0.4, 0.5) is 0 Å². The van der Waals surface area contributed by atoms with E-state index in [4.69, 9.17) is 0 Å². The summed E-state index contributed by atoms with van der Waals surface area (Å²) in [6.07, 6.45) is 0. The van der Waals surface area contributed by atoms with E-state index in [0.29, 0.717) is 6.54 Å². The molecule has 0 atom stereocenters. The average Bonchev–Trinajstić information content (AvgIpc) is 3.19. The van der Waals surface area contributed by atoms with Gasteiger partial charge in [0.2, 0.25) is 0 Å². The number of rotatable bonds is 5. The zero-order valence-corrected chi connectivity index (χ0v) is 31.7. The van der Waals surface area contributed by atoms with Gasteiger partial charge < -0.3 is 5.32 Å². The molecule has 0 spiro atoms. The molecular weight excluding hydrogens is 629 g/mol. The van der Waals surface area contributed by atoms with Crippen LogP contribution in [0.3, 0.4) is 0 Å². The molecule has 260 valence electrons. The van der Waals surface area contributed by atoms with E-state index in [1.54, 1.807) is 0 Å². The summed E-state index contributed by atoms with van der Waals surface area (Å²) in [6.45, 7) is 13.7. The zero-order chi connectivity index (χ0) is 36.7. The number of nitrogens with zero attached hydrogens (tertiary/aromatic N) is 1. The Hall–Kier alpha value is -5.73. The first kappa shape index (κ1) is 36.1. The first-order valence-electron chi connectivity index (χ1n) is 18.5. The first-order valence-corrected chi connectivity index (χ1v) is 18.5. The van der Waals surface area contributed by atoms with Gasteiger partial charge in [0.25, 0.3) is 0 Å². The van der Waals surface area contributed by atoms with Crippen molar-refractivity contribution in [3.05, 3.63) is 180 Å². The lowest BCUT2D eigenvalue weighted by Crippen LogP contribution is -2.23. The fourth-order valence-corrected chi connectivity index (χ4v) is 6.87. The van der Waals surface area contributed by atoms with Crippen molar-refractivity contribution in [2.24, 2.45) is 4.99 Å². The molecule has 0 aliphatic rings. The molecule has 0 aliphatic heterocycles. The molecule has 2 heteroatoms. The Morgan fingerprint density at radius 1 is 0.558 bits per heavy atom. The van der Waals surface area contributed by atoms with Gasteiger partial charge in [0, 0.05) is 19.2 Å². The first-order chi connectivity index (χ1) is 25.3. The van der Waals surface area contributed by atoms with Gasteiger partial charge in [-0.15, -0.1) is 0 Å². The minimum atomic E-state index is 0.0895. The minimum absolute atomic E-state index is 0.0895. The molecular formula is C50H50N2. The second-order valence-corrected chi connectivity index (χ2v) is 14.1. The van der Waals surface area contributed by atoms with Crippen LogP contribution in [0.2, 0.25) is 0 Å². The van der Waals surface area contributed by atoms with E-state index in [1.807, 2.05) is 57.3 Å². The van der Waals surface area contributed by atoms with Crippen LogP contribution >= 0.6 is 0 Å². The summed E-state index contributed by atoms with van der Waals surface area (Å²) in [5.41, 5.74) is 10.1. The lowest BCUT2D eigenvalue weighted by Gasteiger charge is -2.23. The van der Waals surface area contributed by atoms with Gasteiger partial charge in [0.1, 0.15) is 5.84 Å². The second kappa shape index (κ2) is 16.1. The quantitative estimate of drug-likeness (QED) is 0.109. The van der Waals surface area contributed by atoms with E-state index < -0.39 is 0 Å². The third-order valence-corrected chi connectivity index (χ3v) is 9.60. The molecule has 52 heavy (non-hydrogen) atoms. The summed E-state index contributed by atoms with van der Waals surface area (Å²) in [5, 5.41) is 11.5. The number of hydrogen-bond acceptors (Lipinski definition) is 1. The van der Waals surface area contributed by atoms with E-state index in [-0.39, 0.29) is 5.41 Å². The Balaban J connectivity index is 0.000000458. The van der Waals surface area contributed by atoms with E-state index in [9.17, 15) is 0 Å². The summed E-state index contributed by atoms with van der Waals surface area (Å²) >= 11 is 0. The van der Waals surface area contributed by atoms with Crippen molar-refractivity contribution in [3.63, 3.8) is 0 Å². The van der Waals surface area contributed by atoms with Crippen molar-refractivity contribution in [1.29, 1.82) is 0 Å². The molecule has 0 unspecified atom stereocenters. The molecule has 1 N–H and O–H groups in total. The van der Waals surface area contributed by atoms with Gasteiger partial charge >= 0.3 is 0 Å². The van der Waals surface area contributed by atoms with Crippen LogP contribution in [0.15, 0.2) is 163 Å². The van der Waals surface area contributed by atoms with E-state index >= 15 is 0 Å². The highest BCUT2D eigenvalue weighted by molar-refractivity contribution is 6.28. The highest BCUT2D eigenvalue weighted by atomic mass is 15.0. The fraction of sp³-hybridized carbons (Fsp3) is 0.180. The lowest BCUT2D eigenvalue weighted by molar-refractivity contribution is 0.591. The van der Waals surface area contributed by atoms with Crippen molar-refractivity contribution >= 4 is 38.2 Å². The number of hydrogen-bond donors (Lipinski definition) is 1. The lowest BCUT2D eigenvalue weighted by atomic mass is 9.81. The molecule has 0 saturated carbocycles. The topological polar surface area (TPSA) is 24.4 Å². The Bertz CT molecular complexity index is 2360. The van der Waals surface area contributed by atoms with Gasteiger partial charge in [-0.05, 0) is 84.1 Å². The molecule has 0 aliphatic carbocycles. The molecule has 0 amide bonds.